The van der Waals surface area contributed by atoms with Crippen LogP contribution in [0, 0.1) is 13.8 Å². The number of para-hydroxylation sites is 1. The third-order valence-electron chi connectivity index (χ3n) is 5.65. The van der Waals surface area contributed by atoms with Crippen LogP contribution in [0.4, 0.5) is 0 Å². The zero-order valence-corrected chi connectivity index (χ0v) is 18.4. The maximum absolute atomic E-state index is 13.3. The van der Waals surface area contributed by atoms with Crippen LogP contribution in [0.3, 0.4) is 0 Å². The molecule has 2 aromatic carbocycles. The van der Waals surface area contributed by atoms with E-state index >= 15 is 0 Å². The Hall–Kier alpha value is -3.94. The minimum atomic E-state index is -1.38. The fraction of sp³-hybridized carbons (Fsp3) is 0.280. The van der Waals surface area contributed by atoms with Crippen LogP contribution in [-0.4, -0.2) is 44.9 Å². The first-order chi connectivity index (χ1) is 15.7. The van der Waals surface area contributed by atoms with Crippen LogP contribution in [0.25, 0.3) is 10.9 Å². The molecule has 1 amide bonds. The van der Waals surface area contributed by atoms with Crippen LogP contribution in [0.2, 0.25) is 0 Å². The molecule has 1 aromatic heterocycles. The quantitative estimate of drug-likeness (QED) is 0.349. The van der Waals surface area contributed by atoms with Gasteiger partial charge in [-0.15, -0.1) is 0 Å². The second kappa shape index (κ2) is 10.1. The van der Waals surface area contributed by atoms with Crippen molar-refractivity contribution < 1.29 is 29.4 Å². The summed E-state index contributed by atoms with van der Waals surface area (Å²) in [6.45, 7) is 3.75. The first-order valence-corrected chi connectivity index (χ1v) is 10.6. The number of rotatable bonds is 10. The number of carboxylic acid groups (broad SMARTS) is 2. The number of Topliss-reactive ketones (excluding diaryl/α,β-unsaturated/α-hetero) is 1. The lowest BCUT2D eigenvalue weighted by molar-refractivity contribution is -0.143. The predicted molar refractivity (Wildman–Crippen MR) is 122 cm³/mol. The van der Waals surface area contributed by atoms with Crippen LogP contribution >= 0.6 is 0 Å². The van der Waals surface area contributed by atoms with Gasteiger partial charge in [0, 0.05) is 35.5 Å². The van der Waals surface area contributed by atoms with Gasteiger partial charge in [0.15, 0.2) is 5.78 Å². The lowest BCUT2D eigenvalue weighted by Crippen LogP contribution is -2.43. The highest BCUT2D eigenvalue weighted by atomic mass is 16.4. The number of aromatic amines is 1. The number of carboxylic acids is 2. The molecule has 0 spiro atoms. The maximum atomic E-state index is 13.3. The number of aryl methyl sites for hydroxylation is 2. The smallest absolute Gasteiger partial charge is 0.326 e. The Morgan fingerprint density at radius 1 is 1.03 bits per heavy atom. The summed E-state index contributed by atoms with van der Waals surface area (Å²) in [4.78, 5) is 52.0. The Morgan fingerprint density at radius 2 is 1.76 bits per heavy atom. The Labute approximate surface area is 190 Å². The third kappa shape index (κ3) is 5.65. The van der Waals surface area contributed by atoms with E-state index in [2.05, 4.69) is 10.3 Å². The number of H-pyrrole nitrogens is 1. The van der Waals surface area contributed by atoms with Gasteiger partial charge in [0.05, 0.1) is 5.92 Å². The van der Waals surface area contributed by atoms with Gasteiger partial charge in [0.1, 0.15) is 6.04 Å². The number of amides is 1. The standard InChI is InChI=1S/C25H26N2O6/c1-14-7-8-16(15(2)11-14)22(28)12-18(19-13-26-20-6-4-3-5-17(19)20)24(31)27-21(25(32)33)9-10-23(29)30/h3-8,11,13,18,21,26H,9-10,12H2,1-2H3,(H,27,31)(H,29,30)(H,32,33)/t18?,21-/m0/s1. The average Bonchev–Trinajstić information content (AvgIpc) is 3.18. The first-order valence-electron chi connectivity index (χ1n) is 10.6. The molecule has 1 heterocycles. The molecule has 8 nitrogen and oxygen atoms in total. The number of carbonyl (C=O) groups excluding carboxylic acids is 2. The summed E-state index contributed by atoms with van der Waals surface area (Å²) in [7, 11) is 0. The summed E-state index contributed by atoms with van der Waals surface area (Å²) in [5.41, 5.74) is 3.66. The number of aliphatic carboxylic acids is 2. The second-order valence-corrected chi connectivity index (χ2v) is 8.12. The molecule has 172 valence electrons. The zero-order chi connectivity index (χ0) is 24.1. The molecule has 0 aliphatic rings. The van der Waals surface area contributed by atoms with Crippen molar-refractivity contribution in [1.82, 2.24) is 10.3 Å². The van der Waals surface area contributed by atoms with Gasteiger partial charge < -0.3 is 20.5 Å². The van der Waals surface area contributed by atoms with Crippen LogP contribution in [0.15, 0.2) is 48.7 Å². The van der Waals surface area contributed by atoms with E-state index in [0.29, 0.717) is 11.1 Å². The Bertz CT molecular complexity index is 1210. The molecule has 0 aliphatic heterocycles. The van der Waals surface area contributed by atoms with E-state index in [-0.39, 0.29) is 18.6 Å². The van der Waals surface area contributed by atoms with E-state index in [4.69, 9.17) is 5.11 Å². The molecule has 3 rings (SSSR count). The van der Waals surface area contributed by atoms with Crippen molar-refractivity contribution in [2.75, 3.05) is 0 Å². The molecule has 0 fully saturated rings. The average molecular weight is 450 g/mol. The van der Waals surface area contributed by atoms with Crippen molar-refractivity contribution in [2.45, 2.75) is 45.1 Å². The molecular weight excluding hydrogens is 424 g/mol. The molecule has 4 N–H and O–H groups in total. The summed E-state index contributed by atoms with van der Waals surface area (Å²) in [6, 6.07) is 11.4. The van der Waals surface area contributed by atoms with Crippen molar-refractivity contribution in [1.29, 1.82) is 0 Å². The summed E-state index contributed by atoms with van der Waals surface area (Å²) < 4.78 is 0. The van der Waals surface area contributed by atoms with E-state index < -0.39 is 36.2 Å². The highest BCUT2D eigenvalue weighted by molar-refractivity contribution is 6.03. The minimum absolute atomic E-state index is 0.164. The predicted octanol–water partition coefficient (Wildman–Crippen LogP) is 3.58. The van der Waals surface area contributed by atoms with Gasteiger partial charge >= 0.3 is 11.9 Å². The van der Waals surface area contributed by atoms with Gasteiger partial charge in [-0.25, -0.2) is 4.79 Å². The number of hydrogen-bond donors (Lipinski definition) is 4. The minimum Gasteiger partial charge on any atom is -0.481 e. The number of hydrogen-bond acceptors (Lipinski definition) is 4. The van der Waals surface area contributed by atoms with Crippen molar-refractivity contribution in [3.8, 4) is 0 Å². The number of carbonyl (C=O) groups is 4. The molecule has 8 heteroatoms. The molecule has 0 bridgehead atoms. The maximum Gasteiger partial charge on any atom is 0.326 e. The van der Waals surface area contributed by atoms with E-state index in [1.807, 2.05) is 50.2 Å². The highest BCUT2D eigenvalue weighted by Crippen LogP contribution is 2.30. The zero-order valence-electron chi connectivity index (χ0n) is 18.4. The summed E-state index contributed by atoms with van der Waals surface area (Å²) in [5.74, 6) is -4.33. The fourth-order valence-corrected chi connectivity index (χ4v) is 3.95. The van der Waals surface area contributed by atoms with Crippen LogP contribution in [0.1, 0.15) is 52.2 Å². The van der Waals surface area contributed by atoms with E-state index in [1.54, 1.807) is 12.3 Å². The Balaban J connectivity index is 1.94. The molecule has 33 heavy (non-hydrogen) atoms. The van der Waals surface area contributed by atoms with Crippen molar-refractivity contribution in [2.24, 2.45) is 0 Å². The van der Waals surface area contributed by atoms with Gasteiger partial charge in [0.2, 0.25) is 5.91 Å². The lowest BCUT2D eigenvalue weighted by Gasteiger charge is -2.20. The molecule has 0 radical (unpaired) electrons. The molecule has 2 atom stereocenters. The largest absolute Gasteiger partial charge is 0.481 e. The Morgan fingerprint density at radius 3 is 2.42 bits per heavy atom. The van der Waals surface area contributed by atoms with Gasteiger partial charge in [-0.05, 0) is 37.5 Å². The molecule has 3 aromatic rings. The van der Waals surface area contributed by atoms with E-state index in [9.17, 15) is 24.3 Å². The number of nitrogens with one attached hydrogen (secondary N) is 2. The van der Waals surface area contributed by atoms with Gasteiger partial charge in [-0.1, -0.05) is 42.0 Å². The monoisotopic (exact) mass is 450 g/mol. The number of benzene rings is 2. The lowest BCUT2D eigenvalue weighted by atomic mass is 9.88. The first kappa shape index (κ1) is 23.7. The van der Waals surface area contributed by atoms with Gasteiger partial charge in [0.25, 0.3) is 0 Å². The molecule has 0 saturated heterocycles. The van der Waals surface area contributed by atoms with E-state index in [0.717, 1.165) is 22.0 Å². The fourth-order valence-electron chi connectivity index (χ4n) is 3.95. The van der Waals surface area contributed by atoms with Crippen LogP contribution in [-0.2, 0) is 14.4 Å². The number of aromatic nitrogens is 1. The van der Waals surface area contributed by atoms with Gasteiger partial charge in [-0.2, -0.15) is 0 Å². The second-order valence-electron chi connectivity index (χ2n) is 8.12. The molecule has 1 unspecified atom stereocenters. The summed E-state index contributed by atoms with van der Waals surface area (Å²) in [6.07, 6.45) is 0.818. The van der Waals surface area contributed by atoms with Gasteiger partial charge in [-0.3, -0.25) is 14.4 Å². The summed E-state index contributed by atoms with van der Waals surface area (Å²) in [5, 5.41) is 21.5. The van der Waals surface area contributed by atoms with E-state index in [1.165, 1.54) is 0 Å². The van der Waals surface area contributed by atoms with Crippen LogP contribution in [0.5, 0.6) is 0 Å². The molecular formula is C25H26N2O6. The van der Waals surface area contributed by atoms with Crippen molar-refractivity contribution in [3.63, 3.8) is 0 Å². The topological polar surface area (TPSA) is 137 Å². The van der Waals surface area contributed by atoms with Crippen molar-refractivity contribution >= 4 is 34.5 Å². The summed E-state index contributed by atoms with van der Waals surface area (Å²) >= 11 is 0. The van der Waals surface area contributed by atoms with Crippen LogP contribution < -0.4 is 5.32 Å². The highest BCUT2D eigenvalue weighted by Gasteiger charge is 2.30. The molecule has 0 saturated carbocycles. The normalized spacial score (nSPS) is 12.8. The Kier molecular flexibility index (Phi) is 7.27. The number of fused-ring (bicyclic) bond motifs is 1. The number of ketones is 1. The third-order valence-corrected chi connectivity index (χ3v) is 5.65. The SMILES string of the molecule is Cc1ccc(C(=O)CC(C(=O)N[C@@H](CCC(=O)O)C(=O)O)c2c[nH]c3ccccc23)c(C)c1. The van der Waals surface area contributed by atoms with Crippen molar-refractivity contribution in [3.05, 3.63) is 70.9 Å². The molecule has 0 aliphatic carbocycles.